The highest BCUT2D eigenvalue weighted by Gasteiger charge is 2.24. The molecule has 0 spiro atoms. The third kappa shape index (κ3) is 4.32. The molecule has 1 N–H and O–H groups in total. The van der Waals surface area contributed by atoms with Crippen molar-refractivity contribution in [2.24, 2.45) is 4.99 Å². The molecule has 7 heteroatoms. The molecule has 1 saturated heterocycles. The summed E-state index contributed by atoms with van der Waals surface area (Å²) < 4.78 is 2.13. The van der Waals surface area contributed by atoms with Gasteiger partial charge in [0, 0.05) is 39.3 Å². The first-order chi connectivity index (χ1) is 15.6. The minimum absolute atomic E-state index is 0.151. The lowest BCUT2D eigenvalue weighted by molar-refractivity contribution is -0.115. The third-order valence-corrected chi connectivity index (χ3v) is 6.60. The molecule has 0 aliphatic carbocycles. The number of hydrogen-bond acceptors (Lipinski definition) is 3. The molecule has 1 amide bonds. The van der Waals surface area contributed by atoms with E-state index in [2.05, 4.69) is 27.0 Å². The number of aliphatic imine (C=N–C) groups is 1. The van der Waals surface area contributed by atoms with Crippen molar-refractivity contribution < 1.29 is 4.79 Å². The number of nitrogens with one attached hydrogen (secondary N) is 1. The molecule has 0 bridgehead atoms. The number of halogens is 2. The molecule has 0 saturated carbocycles. The number of amidine groups is 1. The zero-order valence-corrected chi connectivity index (χ0v) is 19.1. The lowest BCUT2D eigenvalue weighted by Crippen LogP contribution is -2.19. The number of thioether (sulfide) groups is 1. The van der Waals surface area contributed by atoms with Gasteiger partial charge < -0.3 is 9.88 Å². The predicted molar refractivity (Wildman–Crippen MR) is 135 cm³/mol. The fourth-order valence-corrected chi connectivity index (χ4v) is 4.90. The van der Waals surface area contributed by atoms with E-state index in [-0.39, 0.29) is 5.91 Å². The molecule has 3 aromatic carbocycles. The summed E-state index contributed by atoms with van der Waals surface area (Å²) in [7, 11) is 0. The largest absolute Gasteiger partial charge is 0.342 e. The number of amides is 1. The van der Waals surface area contributed by atoms with Crippen LogP contribution in [0.5, 0.6) is 0 Å². The summed E-state index contributed by atoms with van der Waals surface area (Å²) in [6, 6.07) is 23.2. The van der Waals surface area contributed by atoms with Crippen LogP contribution in [0.3, 0.4) is 0 Å². The highest BCUT2D eigenvalue weighted by atomic mass is 35.5. The first-order valence-electron chi connectivity index (χ1n) is 9.93. The summed E-state index contributed by atoms with van der Waals surface area (Å²) in [5.41, 5.74) is 3.80. The first kappa shape index (κ1) is 20.9. The van der Waals surface area contributed by atoms with Crippen molar-refractivity contribution in [1.29, 1.82) is 0 Å². The SMILES string of the molecule is O=C1NC(=Nc2ccccc2)S/C1=C/c1cn(Cc2ccc(Cl)cc2Cl)c2ccccc12. The lowest BCUT2D eigenvalue weighted by atomic mass is 10.1. The Morgan fingerprint density at radius 1 is 1.00 bits per heavy atom. The number of carbonyl (C=O) groups is 1. The summed E-state index contributed by atoms with van der Waals surface area (Å²) in [6.45, 7) is 0.597. The quantitative estimate of drug-likeness (QED) is 0.325. The lowest BCUT2D eigenvalue weighted by Gasteiger charge is -2.08. The van der Waals surface area contributed by atoms with Crippen LogP contribution in [0.4, 0.5) is 5.69 Å². The smallest absolute Gasteiger partial charge is 0.264 e. The van der Waals surface area contributed by atoms with Crippen LogP contribution in [0, 0.1) is 0 Å². The number of fused-ring (bicyclic) bond motifs is 1. The van der Waals surface area contributed by atoms with E-state index in [1.54, 1.807) is 6.07 Å². The molecule has 1 aromatic heterocycles. The van der Waals surface area contributed by atoms with Gasteiger partial charge in [0.05, 0.1) is 10.6 Å². The molecule has 0 atom stereocenters. The van der Waals surface area contributed by atoms with Gasteiger partial charge in [0.1, 0.15) is 0 Å². The number of hydrogen-bond donors (Lipinski definition) is 1. The fourth-order valence-electron chi connectivity index (χ4n) is 3.60. The van der Waals surface area contributed by atoms with Crippen LogP contribution < -0.4 is 5.32 Å². The standard InChI is InChI=1S/C25H17Cl2N3OS/c26-18-11-10-16(21(27)13-18)14-30-15-17(20-8-4-5-9-22(20)30)12-23-24(31)29-25(32-23)28-19-6-2-1-3-7-19/h1-13,15H,14H2,(H,28,29,31)/b23-12+. The van der Waals surface area contributed by atoms with E-state index in [9.17, 15) is 4.79 Å². The number of benzene rings is 3. The van der Waals surface area contributed by atoms with E-state index >= 15 is 0 Å². The van der Waals surface area contributed by atoms with Crippen molar-refractivity contribution >= 4 is 68.7 Å². The second-order valence-corrected chi connectivity index (χ2v) is 9.16. The monoisotopic (exact) mass is 477 g/mol. The highest BCUT2D eigenvalue weighted by molar-refractivity contribution is 8.18. The molecule has 2 heterocycles. The van der Waals surface area contributed by atoms with Gasteiger partial charge in [-0.3, -0.25) is 4.79 Å². The topological polar surface area (TPSA) is 46.4 Å². The van der Waals surface area contributed by atoms with Gasteiger partial charge in [-0.15, -0.1) is 0 Å². The number of rotatable bonds is 4. The van der Waals surface area contributed by atoms with Crippen molar-refractivity contribution in [2.45, 2.75) is 6.54 Å². The van der Waals surface area contributed by atoms with Crippen LogP contribution in [0.2, 0.25) is 10.0 Å². The molecule has 0 radical (unpaired) electrons. The van der Waals surface area contributed by atoms with Gasteiger partial charge in [-0.25, -0.2) is 4.99 Å². The average molecular weight is 478 g/mol. The molecule has 1 aliphatic rings. The van der Waals surface area contributed by atoms with Gasteiger partial charge in [-0.05, 0) is 53.7 Å². The zero-order chi connectivity index (χ0) is 22.1. The van der Waals surface area contributed by atoms with Crippen LogP contribution in [0.25, 0.3) is 17.0 Å². The van der Waals surface area contributed by atoms with E-state index in [1.807, 2.05) is 66.9 Å². The van der Waals surface area contributed by atoms with Crippen molar-refractivity contribution in [3.63, 3.8) is 0 Å². The maximum absolute atomic E-state index is 12.6. The minimum Gasteiger partial charge on any atom is -0.342 e. The second kappa shape index (κ2) is 8.87. The van der Waals surface area contributed by atoms with Crippen molar-refractivity contribution in [3.05, 3.63) is 105 Å². The van der Waals surface area contributed by atoms with Crippen molar-refractivity contribution in [1.82, 2.24) is 9.88 Å². The molecule has 1 fully saturated rings. The maximum Gasteiger partial charge on any atom is 0.264 e. The Hall–Kier alpha value is -2.99. The third-order valence-electron chi connectivity index (χ3n) is 5.10. The first-order valence-corrected chi connectivity index (χ1v) is 11.5. The van der Waals surface area contributed by atoms with Gasteiger partial charge in [0.25, 0.3) is 5.91 Å². The van der Waals surface area contributed by atoms with Gasteiger partial charge in [-0.2, -0.15) is 0 Å². The van der Waals surface area contributed by atoms with E-state index in [0.29, 0.717) is 26.7 Å². The van der Waals surface area contributed by atoms with Crippen molar-refractivity contribution in [2.75, 3.05) is 0 Å². The van der Waals surface area contributed by atoms with Gasteiger partial charge >= 0.3 is 0 Å². The Kier molecular flexibility index (Phi) is 5.79. The Morgan fingerprint density at radius 2 is 1.78 bits per heavy atom. The molecule has 32 heavy (non-hydrogen) atoms. The van der Waals surface area contributed by atoms with E-state index < -0.39 is 0 Å². The summed E-state index contributed by atoms with van der Waals surface area (Å²) in [5, 5.41) is 5.72. The number of aromatic nitrogens is 1. The number of nitrogens with zero attached hydrogens (tertiary/aromatic N) is 2. The molecule has 0 unspecified atom stereocenters. The van der Waals surface area contributed by atoms with Crippen LogP contribution in [0.15, 0.2) is 88.9 Å². The van der Waals surface area contributed by atoms with Crippen LogP contribution >= 0.6 is 35.0 Å². The Morgan fingerprint density at radius 3 is 2.59 bits per heavy atom. The molecule has 1 aliphatic heterocycles. The molecule has 158 valence electrons. The van der Waals surface area contributed by atoms with Crippen LogP contribution in [0.1, 0.15) is 11.1 Å². The number of para-hydroxylation sites is 2. The molecule has 4 nitrogen and oxygen atoms in total. The van der Waals surface area contributed by atoms with E-state index in [4.69, 9.17) is 23.2 Å². The van der Waals surface area contributed by atoms with Gasteiger partial charge in [-0.1, -0.05) is 65.7 Å². The number of carbonyl (C=O) groups excluding carboxylic acids is 1. The molecular formula is C25H17Cl2N3OS. The predicted octanol–water partition coefficient (Wildman–Crippen LogP) is 6.89. The Labute approximate surface area is 199 Å². The van der Waals surface area contributed by atoms with E-state index in [0.717, 1.165) is 27.7 Å². The Balaban J connectivity index is 1.49. The van der Waals surface area contributed by atoms with Gasteiger partial charge in [0.2, 0.25) is 0 Å². The van der Waals surface area contributed by atoms with E-state index in [1.165, 1.54) is 11.8 Å². The van der Waals surface area contributed by atoms with Crippen LogP contribution in [-0.2, 0) is 11.3 Å². The van der Waals surface area contributed by atoms with Crippen molar-refractivity contribution in [3.8, 4) is 0 Å². The molecule has 4 aromatic rings. The maximum atomic E-state index is 12.6. The Bertz CT molecular complexity index is 1390. The summed E-state index contributed by atoms with van der Waals surface area (Å²) >= 11 is 13.8. The second-order valence-electron chi connectivity index (χ2n) is 7.28. The average Bonchev–Trinajstić information content (AvgIpc) is 3.31. The van der Waals surface area contributed by atoms with Gasteiger partial charge in [0.15, 0.2) is 5.17 Å². The minimum atomic E-state index is -0.151. The summed E-state index contributed by atoms with van der Waals surface area (Å²) in [4.78, 5) is 17.7. The summed E-state index contributed by atoms with van der Waals surface area (Å²) in [6.07, 6.45) is 3.96. The summed E-state index contributed by atoms with van der Waals surface area (Å²) in [5.74, 6) is -0.151. The normalized spacial score (nSPS) is 16.2. The van der Waals surface area contributed by atoms with Crippen LogP contribution in [-0.4, -0.2) is 15.6 Å². The molecule has 5 rings (SSSR count). The fraction of sp³-hybridized carbons (Fsp3) is 0.0400. The zero-order valence-electron chi connectivity index (χ0n) is 16.8. The highest BCUT2D eigenvalue weighted by Crippen LogP contribution is 2.32. The molecular weight excluding hydrogens is 461 g/mol.